The van der Waals surface area contributed by atoms with E-state index < -0.39 is 29.7 Å². The highest BCUT2D eigenvalue weighted by atomic mass is 16.2. The van der Waals surface area contributed by atoms with Crippen LogP contribution in [0, 0.1) is 5.92 Å². The predicted molar refractivity (Wildman–Crippen MR) is 106 cm³/mol. The second-order valence-electron chi connectivity index (χ2n) is 7.16. The zero-order chi connectivity index (χ0) is 20.0. The van der Waals surface area contributed by atoms with Gasteiger partial charge in [-0.2, -0.15) is 0 Å². The smallest absolute Gasteiger partial charge is 0.332 e. The number of carbonyl (C=O) groups excluding carboxylic acids is 3. The molecule has 1 saturated heterocycles. The Morgan fingerprint density at radius 1 is 0.786 bits per heavy atom. The molecule has 0 bridgehead atoms. The lowest BCUT2D eigenvalue weighted by Gasteiger charge is -2.36. The average Bonchev–Trinajstić information content (AvgIpc) is 3.05. The molecule has 4 rings (SSSR count). The molecule has 2 heterocycles. The van der Waals surface area contributed by atoms with Crippen molar-refractivity contribution in [1.29, 1.82) is 0 Å². The SMILES string of the molecule is CN1C(=O)C(C(c2ccccc2)c2cn(C)c3ccccc23)C(=O)N(C)C1=O. The molecule has 0 radical (unpaired) electrons. The van der Waals surface area contributed by atoms with Crippen LogP contribution in [0.3, 0.4) is 0 Å². The van der Waals surface area contributed by atoms with Crippen molar-refractivity contribution in [3.05, 3.63) is 71.9 Å². The van der Waals surface area contributed by atoms with Gasteiger partial charge in [-0.1, -0.05) is 48.5 Å². The first-order valence-corrected chi connectivity index (χ1v) is 9.09. The number of hydrogen-bond acceptors (Lipinski definition) is 3. The Bertz CT molecular complexity index is 1060. The molecular weight excluding hydrogens is 354 g/mol. The van der Waals surface area contributed by atoms with Gasteiger partial charge in [0.15, 0.2) is 0 Å². The highest BCUT2D eigenvalue weighted by molar-refractivity contribution is 6.16. The van der Waals surface area contributed by atoms with Gasteiger partial charge in [-0.05, 0) is 17.2 Å². The number of benzene rings is 2. The Kier molecular flexibility index (Phi) is 4.26. The van der Waals surface area contributed by atoms with Gasteiger partial charge >= 0.3 is 6.03 Å². The minimum atomic E-state index is -0.999. The number of barbiturate groups is 1. The number of imide groups is 2. The van der Waals surface area contributed by atoms with E-state index in [1.807, 2.05) is 72.4 Å². The van der Waals surface area contributed by atoms with Gasteiger partial charge in [0.05, 0.1) is 0 Å². The lowest BCUT2D eigenvalue weighted by atomic mass is 9.78. The van der Waals surface area contributed by atoms with Crippen LogP contribution in [0.25, 0.3) is 10.9 Å². The number of aromatic nitrogens is 1. The number of hydrogen-bond donors (Lipinski definition) is 0. The topological polar surface area (TPSA) is 62.6 Å². The summed E-state index contributed by atoms with van der Waals surface area (Å²) in [6.45, 7) is 0. The third kappa shape index (κ3) is 2.60. The third-order valence-electron chi connectivity index (χ3n) is 5.52. The van der Waals surface area contributed by atoms with Crippen LogP contribution in [-0.2, 0) is 16.6 Å². The van der Waals surface area contributed by atoms with Crippen molar-refractivity contribution in [2.45, 2.75) is 5.92 Å². The Labute approximate surface area is 163 Å². The number of aryl methyl sites for hydroxylation is 1. The summed E-state index contributed by atoms with van der Waals surface area (Å²) in [7, 11) is 4.79. The molecule has 1 fully saturated rings. The molecule has 1 aromatic heterocycles. The largest absolute Gasteiger partial charge is 0.350 e. The van der Waals surface area contributed by atoms with Crippen LogP contribution in [0.15, 0.2) is 60.8 Å². The fourth-order valence-corrected chi connectivity index (χ4v) is 4.05. The summed E-state index contributed by atoms with van der Waals surface area (Å²) in [5.41, 5.74) is 2.78. The first kappa shape index (κ1) is 18.0. The molecular formula is C22H21N3O3. The molecule has 28 heavy (non-hydrogen) atoms. The molecule has 6 nitrogen and oxygen atoms in total. The fraction of sp³-hybridized carbons (Fsp3) is 0.227. The normalized spacial score (nSPS) is 16.9. The molecule has 0 N–H and O–H groups in total. The Morgan fingerprint density at radius 3 is 2.00 bits per heavy atom. The summed E-state index contributed by atoms with van der Waals surface area (Å²) < 4.78 is 2.00. The molecule has 0 aliphatic carbocycles. The van der Waals surface area contributed by atoms with Crippen LogP contribution in [0.5, 0.6) is 0 Å². The second kappa shape index (κ2) is 6.64. The lowest BCUT2D eigenvalue weighted by Crippen LogP contribution is -2.58. The van der Waals surface area contributed by atoms with E-state index in [2.05, 4.69) is 0 Å². The fourth-order valence-electron chi connectivity index (χ4n) is 4.05. The summed E-state index contributed by atoms with van der Waals surface area (Å²) >= 11 is 0. The molecule has 1 atom stereocenters. The number of amides is 4. The summed E-state index contributed by atoms with van der Waals surface area (Å²) in [6, 6.07) is 16.8. The average molecular weight is 375 g/mol. The van der Waals surface area contributed by atoms with Gasteiger partial charge in [0, 0.05) is 44.2 Å². The molecule has 4 amide bonds. The molecule has 1 aliphatic heterocycles. The van der Waals surface area contributed by atoms with Crippen molar-refractivity contribution in [3.8, 4) is 0 Å². The Balaban J connectivity index is 1.96. The van der Waals surface area contributed by atoms with Gasteiger partial charge in [-0.15, -0.1) is 0 Å². The number of urea groups is 1. The summed E-state index contributed by atoms with van der Waals surface area (Å²) in [6.07, 6.45) is 1.97. The molecule has 6 heteroatoms. The van der Waals surface area contributed by atoms with E-state index in [-0.39, 0.29) is 0 Å². The zero-order valence-electron chi connectivity index (χ0n) is 16.0. The van der Waals surface area contributed by atoms with Gasteiger partial charge < -0.3 is 4.57 Å². The quantitative estimate of drug-likeness (QED) is 0.661. The van der Waals surface area contributed by atoms with Gasteiger partial charge in [-0.3, -0.25) is 19.4 Å². The third-order valence-corrected chi connectivity index (χ3v) is 5.52. The minimum Gasteiger partial charge on any atom is -0.350 e. The Morgan fingerprint density at radius 2 is 1.36 bits per heavy atom. The molecule has 3 aromatic rings. The lowest BCUT2D eigenvalue weighted by molar-refractivity contribution is -0.148. The van der Waals surface area contributed by atoms with Crippen molar-refractivity contribution < 1.29 is 14.4 Å². The number of para-hydroxylation sites is 1. The number of fused-ring (bicyclic) bond motifs is 1. The van der Waals surface area contributed by atoms with Crippen LogP contribution in [0.4, 0.5) is 4.79 Å². The van der Waals surface area contributed by atoms with Crippen LogP contribution < -0.4 is 0 Å². The zero-order valence-corrected chi connectivity index (χ0v) is 16.0. The number of nitrogens with zero attached hydrogens (tertiary/aromatic N) is 3. The predicted octanol–water partition coefficient (Wildman–Crippen LogP) is 2.98. The highest BCUT2D eigenvalue weighted by Crippen LogP contribution is 2.40. The first-order chi connectivity index (χ1) is 13.4. The van der Waals surface area contributed by atoms with Crippen molar-refractivity contribution >= 4 is 28.7 Å². The van der Waals surface area contributed by atoms with Gasteiger partial charge in [-0.25, -0.2) is 4.79 Å². The van der Waals surface area contributed by atoms with E-state index in [0.717, 1.165) is 31.8 Å². The van der Waals surface area contributed by atoms with Crippen molar-refractivity contribution in [3.63, 3.8) is 0 Å². The Hall–Kier alpha value is -3.41. The minimum absolute atomic E-state index is 0.477. The number of carbonyl (C=O) groups is 3. The maximum atomic E-state index is 13.1. The molecule has 1 aliphatic rings. The van der Waals surface area contributed by atoms with E-state index in [1.54, 1.807) is 0 Å². The van der Waals surface area contributed by atoms with Crippen LogP contribution >= 0.6 is 0 Å². The van der Waals surface area contributed by atoms with Gasteiger partial charge in [0.25, 0.3) is 0 Å². The summed E-state index contributed by atoms with van der Waals surface area (Å²) in [5.74, 6) is -2.45. The summed E-state index contributed by atoms with van der Waals surface area (Å²) in [4.78, 5) is 40.4. The maximum Gasteiger partial charge on any atom is 0.332 e. The van der Waals surface area contributed by atoms with E-state index in [1.165, 1.54) is 14.1 Å². The van der Waals surface area contributed by atoms with Crippen molar-refractivity contribution in [2.24, 2.45) is 13.0 Å². The van der Waals surface area contributed by atoms with Crippen molar-refractivity contribution in [1.82, 2.24) is 14.4 Å². The van der Waals surface area contributed by atoms with E-state index >= 15 is 0 Å². The van der Waals surface area contributed by atoms with Gasteiger partial charge in [0.1, 0.15) is 5.92 Å². The summed E-state index contributed by atoms with van der Waals surface area (Å²) in [5, 5.41) is 0.988. The molecule has 2 aromatic carbocycles. The standard InChI is InChI=1S/C22H21N3O3/c1-23-13-16(15-11-7-8-12-17(15)23)18(14-9-5-4-6-10-14)19-20(26)24(2)22(28)25(3)21(19)27/h4-13,18-19H,1-3H3. The molecule has 142 valence electrons. The second-order valence-corrected chi connectivity index (χ2v) is 7.16. The van der Waals surface area contributed by atoms with E-state index in [0.29, 0.717) is 0 Å². The van der Waals surface area contributed by atoms with Gasteiger partial charge in [0.2, 0.25) is 11.8 Å². The van der Waals surface area contributed by atoms with Crippen LogP contribution in [0.1, 0.15) is 17.0 Å². The first-order valence-electron chi connectivity index (χ1n) is 9.09. The van der Waals surface area contributed by atoms with E-state index in [4.69, 9.17) is 0 Å². The van der Waals surface area contributed by atoms with Crippen molar-refractivity contribution in [2.75, 3.05) is 14.1 Å². The molecule has 1 unspecified atom stereocenters. The van der Waals surface area contributed by atoms with E-state index in [9.17, 15) is 14.4 Å². The monoisotopic (exact) mass is 375 g/mol. The van der Waals surface area contributed by atoms with Crippen LogP contribution in [0.2, 0.25) is 0 Å². The molecule has 0 saturated carbocycles. The van der Waals surface area contributed by atoms with Crippen LogP contribution in [-0.4, -0.2) is 46.3 Å². The number of rotatable bonds is 3. The molecule has 0 spiro atoms. The maximum absolute atomic E-state index is 13.1. The highest BCUT2D eigenvalue weighted by Gasteiger charge is 2.48.